The topological polar surface area (TPSA) is 0 Å². The second-order valence-corrected chi connectivity index (χ2v) is 5.23. The van der Waals surface area contributed by atoms with Gasteiger partial charge in [0.15, 0.2) is 0 Å². The predicted octanol–water partition coefficient (Wildman–Crippen LogP) is 5.30. The van der Waals surface area contributed by atoms with Gasteiger partial charge in [0.2, 0.25) is 0 Å². The molecular formula is C12H23Cl3. The highest BCUT2D eigenvalue weighted by Crippen LogP contribution is 2.29. The highest BCUT2D eigenvalue weighted by Gasteiger charge is 2.19. The number of rotatable bonds is 10. The van der Waals surface area contributed by atoms with Crippen molar-refractivity contribution in [1.82, 2.24) is 0 Å². The van der Waals surface area contributed by atoms with Crippen molar-refractivity contribution >= 4 is 34.8 Å². The maximum absolute atomic E-state index is 5.85. The SMILES string of the molecule is CCCC(CCCl)C(CCCl)CCCCl. The van der Waals surface area contributed by atoms with E-state index in [1.807, 2.05) is 0 Å². The zero-order chi connectivity index (χ0) is 11.5. The van der Waals surface area contributed by atoms with E-state index in [2.05, 4.69) is 6.92 Å². The normalized spacial score (nSPS) is 15.2. The Morgan fingerprint density at radius 1 is 0.733 bits per heavy atom. The van der Waals surface area contributed by atoms with Crippen LogP contribution in [0.4, 0.5) is 0 Å². The van der Waals surface area contributed by atoms with Crippen LogP contribution in [-0.2, 0) is 0 Å². The van der Waals surface area contributed by atoms with Crippen LogP contribution >= 0.6 is 34.8 Å². The first-order valence-electron chi connectivity index (χ1n) is 5.98. The summed E-state index contributed by atoms with van der Waals surface area (Å²) in [5.41, 5.74) is 0. The van der Waals surface area contributed by atoms with Gasteiger partial charge in [-0.05, 0) is 37.5 Å². The molecule has 0 rings (SSSR count). The fourth-order valence-corrected chi connectivity index (χ4v) is 2.94. The van der Waals surface area contributed by atoms with E-state index < -0.39 is 0 Å². The van der Waals surface area contributed by atoms with Crippen molar-refractivity contribution in [2.45, 2.75) is 45.4 Å². The van der Waals surface area contributed by atoms with Crippen molar-refractivity contribution in [3.05, 3.63) is 0 Å². The minimum atomic E-state index is 0.722. The van der Waals surface area contributed by atoms with E-state index in [4.69, 9.17) is 34.8 Å². The number of hydrogen-bond donors (Lipinski definition) is 0. The van der Waals surface area contributed by atoms with Crippen LogP contribution < -0.4 is 0 Å². The minimum Gasteiger partial charge on any atom is -0.127 e. The molecule has 0 fully saturated rings. The second kappa shape index (κ2) is 11.4. The van der Waals surface area contributed by atoms with E-state index in [1.165, 1.54) is 19.3 Å². The quantitative estimate of drug-likeness (QED) is 0.474. The van der Waals surface area contributed by atoms with Gasteiger partial charge < -0.3 is 0 Å². The van der Waals surface area contributed by atoms with Crippen LogP contribution in [0.3, 0.4) is 0 Å². The predicted molar refractivity (Wildman–Crippen MR) is 72.5 cm³/mol. The molecule has 3 heteroatoms. The zero-order valence-electron chi connectivity index (χ0n) is 9.65. The summed E-state index contributed by atoms with van der Waals surface area (Å²) in [7, 11) is 0. The van der Waals surface area contributed by atoms with Gasteiger partial charge in [0.05, 0.1) is 0 Å². The zero-order valence-corrected chi connectivity index (χ0v) is 11.9. The molecule has 0 aromatic carbocycles. The van der Waals surface area contributed by atoms with Crippen LogP contribution in [0.15, 0.2) is 0 Å². The molecule has 92 valence electrons. The molecule has 0 saturated heterocycles. The Morgan fingerprint density at radius 2 is 1.27 bits per heavy atom. The van der Waals surface area contributed by atoms with E-state index in [0.717, 1.165) is 48.7 Å². The first kappa shape index (κ1) is 15.9. The third-order valence-corrected chi connectivity index (χ3v) is 3.70. The molecule has 0 bridgehead atoms. The average Bonchev–Trinajstić information content (AvgIpc) is 2.24. The Balaban J connectivity index is 4.09. The molecule has 0 aliphatic rings. The summed E-state index contributed by atoms with van der Waals surface area (Å²) in [5, 5.41) is 0. The van der Waals surface area contributed by atoms with E-state index in [0.29, 0.717) is 0 Å². The minimum absolute atomic E-state index is 0.722. The molecule has 15 heavy (non-hydrogen) atoms. The summed E-state index contributed by atoms with van der Waals surface area (Å²) in [5.74, 6) is 3.76. The van der Waals surface area contributed by atoms with Gasteiger partial charge in [-0.1, -0.05) is 19.8 Å². The van der Waals surface area contributed by atoms with Crippen molar-refractivity contribution in [2.24, 2.45) is 11.8 Å². The lowest BCUT2D eigenvalue weighted by molar-refractivity contribution is 0.277. The van der Waals surface area contributed by atoms with E-state index in [-0.39, 0.29) is 0 Å². The van der Waals surface area contributed by atoms with Crippen LogP contribution in [0.5, 0.6) is 0 Å². The third-order valence-electron chi connectivity index (χ3n) is 2.99. The van der Waals surface area contributed by atoms with Crippen LogP contribution in [0, 0.1) is 11.8 Å². The molecule has 0 N–H and O–H groups in total. The number of halogens is 3. The summed E-state index contributed by atoms with van der Waals surface area (Å²) < 4.78 is 0. The first-order chi connectivity index (χ1) is 7.29. The van der Waals surface area contributed by atoms with Crippen molar-refractivity contribution in [3.8, 4) is 0 Å². The molecule has 2 atom stereocenters. The van der Waals surface area contributed by atoms with Gasteiger partial charge in [0.1, 0.15) is 0 Å². The van der Waals surface area contributed by atoms with Gasteiger partial charge in [-0.3, -0.25) is 0 Å². The lowest BCUT2D eigenvalue weighted by atomic mass is 9.82. The van der Waals surface area contributed by atoms with E-state index in [9.17, 15) is 0 Å². The molecule has 0 aromatic rings. The highest BCUT2D eigenvalue weighted by atomic mass is 35.5. The van der Waals surface area contributed by atoms with Crippen LogP contribution in [0.2, 0.25) is 0 Å². The van der Waals surface area contributed by atoms with Gasteiger partial charge in [-0.2, -0.15) is 0 Å². The summed E-state index contributed by atoms with van der Waals surface area (Å²) in [6.07, 6.45) is 7.06. The summed E-state index contributed by atoms with van der Waals surface area (Å²) in [6, 6.07) is 0. The fraction of sp³-hybridized carbons (Fsp3) is 1.00. The van der Waals surface area contributed by atoms with E-state index in [1.54, 1.807) is 0 Å². The molecule has 0 aliphatic carbocycles. The van der Waals surface area contributed by atoms with Crippen LogP contribution in [0.1, 0.15) is 45.4 Å². The highest BCUT2D eigenvalue weighted by molar-refractivity contribution is 6.18. The Kier molecular flexibility index (Phi) is 12.0. The molecule has 0 spiro atoms. The molecule has 0 amide bonds. The monoisotopic (exact) mass is 272 g/mol. The van der Waals surface area contributed by atoms with Crippen LogP contribution in [0.25, 0.3) is 0 Å². The molecule has 0 aromatic heterocycles. The van der Waals surface area contributed by atoms with Gasteiger partial charge >= 0.3 is 0 Å². The molecule has 0 heterocycles. The first-order valence-corrected chi connectivity index (χ1v) is 7.58. The molecule has 2 unspecified atom stereocenters. The molecule has 0 aliphatic heterocycles. The fourth-order valence-electron chi connectivity index (χ4n) is 2.22. The van der Waals surface area contributed by atoms with Crippen LogP contribution in [-0.4, -0.2) is 17.6 Å². The number of hydrogen-bond acceptors (Lipinski definition) is 0. The standard InChI is InChI=1S/C12H23Cl3/c1-2-4-11(6-9-14)12(7-10-15)5-3-8-13/h11-12H,2-10H2,1H3. The van der Waals surface area contributed by atoms with Gasteiger partial charge in [0.25, 0.3) is 0 Å². The Morgan fingerprint density at radius 3 is 1.67 bits per heavy atom. The second-order valence-electron chi connectivity index (χ2n) is 4.10. The molecule has 0 saturated carbocycles. The summed E-state index contributed by atoms with van der Waals surface area (Å²) in [4.78, 5) is 0. The van der Waals surface area contributed by atoms with E-state index >= 15 is 0 Å². The van der Waals surface area contributed by atoms with Gasteiger partial charge in [0, 0.05) is 17.6 Å². The molecule has 0 nitrogen and oxygen atoms in total. The largest absolute Gasteiger partial charge is 0.127 e. The number of alkyl halides is 3. The van der Waals surface area contributed by atoms with Crippen molar-refractivity contribution in [3.63, 3.8) is 0 Å². The molecular weight excluding hydrogens is 250 g/mol. The lowest BCUT2D eigenvalue weighted by Crippen LogP contribution is -2.16. The average molecular weight is 274 g/mol. The van der Waals surface area contributed by atoms with Gasteiger partial charge in [-0.25, -0.2) is 0 Å². The lowest BCUT2D eigenvalue weighted by Gasteiger charge is -2.25. The summed E-state index contributed by atoms with van der Waals surface area (Å²) in [6.45, 7) is 2.24. The van der Waals surface area contributed by atoms with Crippen molar-refractivity contribution in [2.75, 3.05) is 17.6 Å². The van der Waals surface area contributed by atoms with Crippen molar-refractivity contribution in [1.29, 1.82) is 0 Å². The third kappa shape index (κ3) is 7.71. The van der Waals surface area contributed by atoms with Gasteiger partial charge in [-0.15, -0.1) is 34.8 Å². The maximum atomic E-state index is 5.85. The summed E-state index contributed by atoms with van der Waals surface area (Å²) >= 11 is 17.5. The molecule has 0 radical (unpaired) electrons. The maximum Gasteiger partial charge on any atom is 0.0226 e. The smallest absolute Gasteiger partial charge is 0.0226 e. The Labute approximate surface area is 110 Å². The van der Waals surface area contributed by atoms with Crippen molar-refractivity contribution < 1.29 is 0 Å². The Hall–Kier alpha value is 0.870. The Bertz CT molecular complexity index is 122.